The highest BCUT2D eigenvalue weighted by atomic mass is 35.5. The second kappa shape index (κ2) is 4.07. The Balaban J connectivity index is 0.000000980. The second-order valence-electron chi connectivity index (χ2n) is 3.60. The topological polar surface area (TPSA) is 52.5 Å². The number of rotatable bonds is 0. The zero-order valence-electron chi connectivity index (χ0n) is 7.95. The van der Waals surface area contributed by atoms with Crippen molar-refractivity contribution in [3.8, 4) is 11.5 Å². The van der Waals surface area contributed by atoms with Gasteiger partial charge >= 0.3 is 0 Å². The maximum Gasteiger partial charge on any atom is 0.157 e. The molecule has 0 aliphatic carbocycles. The van der Waals surface area contributed by atoms with Crippen molar-refractivity contribution < 1.29 is 10.2 Å². The Labute approximate surface area is 89.2 Å². The van der Waals surface area contributed by atoms with Crippen LogP contribution < -0.4 is 5.32 Å². The summed E-state index contributed by atoms with van der Waals surface area (Å²) in [6.45, 7) is 2.87. The summed E-state index contributed by atoms with van der Waals surface area (Å²) < 4.78 is 0. The summed E-state index contributed by atoms with van der Waals surface area (Å²) in [6, 6.07) is 3.72. The molecular weight excluding hydrogens is 202 g/mol. The standard InChI is InChI=1S/C10H13NO2.ClH/c1-6-2-7-3-9(12)10(13)4-8(7)5-11-6;/h3-4,6,11-13H,2,5H2,1H3;1H. The molecule has 14 heavy (non-hydrogen) atoms. The van der Waals surface area contributed by atoms with Gasteiger partial charge in [-0.15, -0.1) is 12.4 Å². The smallest absolute Gasteiger partial charge is 0.157 e. The quantitative estimate of drug-likeness (QED) is 0.576. The van der Waals surface area contributed by atoms with E-state index in [1.165, 1.54) is 0 Å². The predicted molar refractivity (Wildman–Crippen MR) is 57.0 cm³/mol. The van der Waals surface area contributed by atoms with Crippen molar-refractivity contribution in [2.24, 2.45) is 0 Å². The molecule has 3 nitrogen and oxygen atoms in total. The summed E-state index contributed by atoms with van der Waals surface area (Å²) in [5.41, 5.74) is 2.20. The zero-order chi connectivity index (χ0) is 9.42. The van der Waals surface area contributed by atoms with E-state index >= 15 is 0 Å². The van der Waals surface area contributed by atoms with Gasteiger partial charge in [0.15, 0.2) is 11.5 Å². The first kappa shape index (κ1) is 11.1. The molecule has 1 aliphatic rings. The molecule has 0 saturated heterocycles. The molecule has 0 aromatic heterocycles. The minimum atomic E-state index is -0.0323. The molecule has 1 aromatic rings. The summed E-state index contributed by atoms with van der Waals surface area (Å²) in [7, 11) is 0. The Morgan fingerprint density at radius 1 is 1.21 bits per heavy atom. The molecule has 4 heteroatoms. The first-order valence-electron chi connectivity index (χ1n) is 4.44. The van der Waals surface area contributed by atoms with E-state index in [1.54, 1.807) is 12.1 Å². The number of nitrogens with one attached hydrogen (secondary N) is 1. The van der Waals surface area contributed by atoms with Crippen LogP contribution >= 0.6 is 12.4 Å². The summed E-state index contributed by atoms with van der Waals surface area (Å²) >= 11 is 0. The Morgan fingerprint density at radius 2 is 1.79 bits per heavy atom. The highest BCUT2D eigenvalue weighted by Gasteiger charge is 2.16. The normalized spacial score (nSPS) is 19.6. The van der Waals surface area contributed by atoms with Gasteiger partial charge in [0.1, 0.15) is 0 Å². The summed E-state index contributed by atoms with van der Waals surface area (Å²) in [5.74, 6) is -0.0528. The lowest BCUT2D eigenvalue weighted by molar-refractivity contribution is 0.399. The molecule has 0 fully saturated rings. The number of hydrogen-bond acceptors (Lipinski definition) is 3. The van der Waals surface area contributed by atoms with Gasteiger partial charge in [-0.3, -0.25) is 0 Å². The van der Waals surface area contributed by atoms with Crippen LogP contribution in [0.25, 0.3) is 0 Å². The van der Waals surface area contributed by atoms with E-state index in [1.807, 2.05) is 0 Å². The molecular formula is C10H14ClNO2. The first-order chi connectivity index (χ1) is 6.16. The summed E-state index contributed by atoms with van der Waals surface area (Å²) in [6.07, 6.45) is 0.906. The molecule has 0 spiro atoms. The Morgan fingerprint density at radius 3 is 2.43 bits per heavy atom. The molecule has 78 valence electrons. The largest absolute Gasteiger partial charge is 0.504 e. The van der Waals surface area contributed by atoms with Crippen molar-refractivity contribution in [2.45, 2.75) is 25.9 Å². The Hall–Kier alpha value is -0.930. The number of halogens is 1. The van der Waals surface area contributed by atoms with E-state index < -0.39 is 0 Å². The molecule has 0 amide bonds. The van der Waals surface area contributed by atoms with E-state index in [4.69, 9.17) is 0 Å². The van der Waals surface area contributed by atoms with Gasteiger partial charge in [-0.2, -0.15) is 0 Å². The van der Waals surface area contributed by atoms with Crippen molar-refractivity contribution in [3.05, 3.63) is 23.3 Å². The fourth-order valence-corrected chi connectivity index (χ4v) is 1.70. The highest BCUT2D eigenvalue weighted by Crippen LogP contribution is 2.30. The van der Waals surface area contributed by atoms with Crippen molar-refractivity contribution in [3.63, 3.8) is 0 Å². The molecule has 3 N–H and O–H groups in total. The molecule has 1 aromatic carbocycles. The third kappa shape index (κ3) is 1.94. The van der Waals surface area contributed by atoms with Gasteiger partial charge in [0.25, 0.3) is 0 Å². The highest BCUT2D eigenvalue weighted by molar-refractivity contribution is 5.85. The zero-order valence-corrected chi connectivity index (χ0v) is 8.77. The third-order valence-corrected chi connectivity index (χ3v) is 2.46. The lowest BCUT2D eigenvalue weighted by atomic mass is 9.96. The number of hydrogen-bond donors (Lipinski definition) is 3. The van der Waals surface area contributed by atoms with Gasteiger partial charge in [-0.05, 0) is 36.6 Å². The van der Waals surface area contributed by atoms with Crippen molar-refractivity contribution >= 4 is 12.4 Å². The number of aromatic hydroxyl groups is 2. The van der Waals surface area contributed by atoms with E-state index in [0.29, 0.717) is 6.04 Å². The average molecular weight is 216 g/mol. The van der Waals surface area contributed by atoms with Crippen LogP contribution in [0.15, 0.2) is 12.1 Å². The lowest BCUT2D eigenvalue weighted by Crippen LogP contribution is -2.32. The molecule has 1 atom stereocenters. The number of fused-ring (bicyclic) bond motifs is 1. The van der Waals surface area contributed by atoms with Crippen molar-refractivity contribution in [1.29, 1.82) is 0 Å². The lowest BCUT2D eigenvalue weighted by Gasteiger charge is -2.23. The van der Waals surface area contributed by atoms with Crippen LogP contribution in [0.3, 0.4) is 0 Å². The van der Waals surface area contributed by atoms with Crippen molar-refractivity contribution in [1.82, 2.24) is 5.32 Å². The van der Waals surface area contributed by atoms with Crippen LogP contribution in [0.1, 0.15) is 18.1 Å². The fraction of sp³-hybridized carbons (Fsp3) is 0.400. The van der Waals surface area contributed by atoms with Gasteiger partial charge in [0, 0.05) is 12.6 Å². The molecule has 1 heterocycles. The fourth-order valence-electron chi connectivity index (χ4n) is 1.70. The van der Waals surface area contributed by atoms with E-state index in [-0.39, 0.29) is 23.9 Å². The van der Waals surface area contributed by atoms with Gasteiger partial charge in [0.05, 0.1) is 0 Å². The molecule has 0 bridgehead atoms. The van der Waals surface area contributed by atoms with Gasteiger partial charge in [-0.25, -0.2) is 0 Å². The second-order valence-corrected chi connectivity index (χ2v) is 3.60. The summed E-state index contributed by atoms with van der Waals surface area (Å²) in [5, 5.41) is 21.8. The number of phenolic OH excluding ortho intramolecular Hbond substituents is 2. The SMILES string of the molecule is CC1Cc2cc(O)c(O)cc2CN1.Cl. The molecule has 0 radical (unpaired) electrons. The molecule has 0 saturated carbocycles. The van der Waals surface area contributed by atoms with Crippen molar-refractivity contribution in [2.75, 3.05) is 0 Å². The van der Waals surface area contributed by atoms with Crippen LogP contribution in [-0.2, 0) is 13.0 Å². The van der Waals surface area contributed by atoms with Crippen LogP contribution in [0.2, 0.25) is 0 Å². The Bertz CT molecular complexity index is 341. The maximum absolute atomic E-state index is 9.29. The average Bonchev–Trinajstić information content (AvgIpc) is 2.08. The van der Waals surface area contributed by atoms with Gasteiger partial charge < -0.3 is 15.5 Å². The number of benzene rings is 1. The van der Waals surface area contributed by atoms with Crippen LogP contribution in [0, 0.1) is 0 Å². The minimum Gasteiger partial charge on any atom is -0.504 e. The van der Waals surface area contributed by atoms with Crippen LogP contribution in [-0.4, -0.2) is 16.3 Å². The number of phenols is 2. The third-order valence-electron chi connectivity index (χ3n) is 2.46. The molecule has 1 unspecified atom stereocenters. The van der Waals surface area contributed by atoms with Crippen LogP contribution in [0.4, 0.5) is 0 Å². The van der Waals surface area contributed by atoms with E-state index in [2.05, 4.69) is 12.2 Å². The molecule has 1 aliphatic heterocycles. The van der Waals surface area contributed by atoms with E-state index in [0.717, 1.165) is 24.1 Å². The van der Waals surface area contributed by atoms with Gasteiger partial charge in [-0.1, -0.05) is 0 Å². The molecule has 2 rings (SSSR count). The van der Waals surface area contributed by atoms with Crippen LogP contribution in [0.5, 0.6) is 11.5 Å². The Kier molecular flexibility index (Phi) is 3.24. The minimum absolute atomic E-state index is 0. The predicted octanol–water partition coefficient (Wildman–Crippen LogP) is 1.55. The first-order valence-corrected chi connectivity index (χ1v) is 4.44. The maximum atomic E-state index is 9.29. The monoisotopic (exact) mass is 215 g/mol. The summed E-state index contributed by atoms with van der Waals surface area (Å²) in [4.78, 5) is 0. The van der Waals surface area contributed by atoms with Gasteiger partial charge in [0.2, 0.25) is 0 Å². The van der Waals surface area contributed by atoms with E-state index in [9.17, 15) is 10.2 Å².